The number of hydrogen-bond acceptors (Lipinski definition) is 4. The summed E-state index contributed by atoms with van der Waals surface area (Å²) in [6, 6.07) is 0. The number of hydrazone groups is 1. The minimum atomic E-state index is -0.929. The van der Waals surface area contributed by atoms with E-state index in [1.807, 2.05) is 0 Å². The maximum Gasteiger partial charge on any atom is 0.273 e. The van der Waals surface area contributed by atoms with Gasteiger partial charge in [0.05, 0.1) is 0 Å². The molecule has 19 heavy (non-hydrogen) atoms. The highest BCUT2D eigenvalue weighted by Gasteiger charge is 2.43. The molecule has 0 aromatic carbocycles. The number of hydrogen-bond donors (Lipinski definition) is 2. The Bertz CT molecular complexity index is 455. The number of aliphatic hydroxyl groups excluding tert-OH is 1. The van der Waals surface area contributed by atoms with Crippen LogP contribution in [0.4, 0.5) is 0 Å². The van der Waals surface area contributed by atoms with E-state index in [0.29, 0.717) is 24.4 Å². The number of aliphatic hydroxyl groups is 1. The van der Waals surface area contributed by atoms with E-state index in [2.05, 4.69) is 10.5 Å². The molecule has 5 nitrogen and oxygen atoms in total. The van der Waals surface area contributed by atoms with Crippen LogP contribution in [0.1, 0.15) is 38.5 Å². The van der Waals surface area contributed by atoms with Crippen molar-refractivity contribution in [2.24, 2.45) is 11.0 Å². The van der Waals surface area contributed by atoms with Gasteiger partial charge in [0.15, 0.2) is 6.23 Å². The number of rotatable bonds is 1. The Balaban J connectivity index is 1.85. The monoisotopic (exact) mass is 283 g/mol. The Morgan fingerprint density at radius 3 is 2.68 bits per heavy atom. The van der Waals surface area contributed by atoms with Crippen LogP contribution in [-0.2, 0) is 4.79 Å². The van der Waals surface area contributed by atoms with E-state index in [0.717, 1.165) is 25.7 Å². The number of carbonyl (C=O) groups excluding carboxylic acids is 1. The highest BCUT2D eigenvalue weighted by atomic mass is 35.5. The Morgan fingerprint density at radius 1 is 1.32 bits per heavy atom. The summed E-state index contributed by atoms with van der Waals surface area (Å²) in [5.74, 6) is 0.513. The summed E-state index contributed by atoms with van der Waals surface area (Å²) in [6.45, 7) is 0.697. The topological polar surface area (TPSA) is 64.9 Å². The van der Waals surface area contributed by atoms with E-state index in [4.69, 9.17) is 11.6 Å². The maximum atomic E-state index is 12.2. The Labute approximate surface area is 117 Å². The maximum absolute atomic E-state index is 12.2. The lowest BCUT2D eigenvalue weighted by molar-refractivity contribution is -0.126. The molecule has 0 aromatic rings. The van der Waals surface area contributed by atoms with Crippen LogP contribution in [0.15, 0.2) is 15.7 Å². The Morgan fingerprint density at radius 2 is 2.05 bits per heavy atom. The number of amidine groups is 1. The van der Waals surface area contributed by atoms with Gasteiger partial charge in [-0.15, -0.1) is 0 Å². The molecule has 2 heterocycles. The van der Waals surface area contributed by atoms with Gasteiger partial charge >= 0.3 is 0 Å². The van der Waals surface area contributed by atoms with Gasteiger partial charge in [0, 0.05) is 18.5 Å². The summed E-state index contributed by atoms with van der Waals surface area (Å²) >= 11 is 6.18. The van der Waals surface area contributed by atoms with Gasteiger partial charge in [0.1, 0.15) is 10.9 Å². The van der Waals surface area contributed by atoms with Gasteiger partial charge in [-0.25, -0.2) is 0 Å². The molecular formula is C13H18ClN3O2. The summed E-state index contributed by atoms with van der Waals surface area (Å²) < 4.78 is 0. The molecule has 0 spiro atoms. The van der Waals surface area contributed by atoms with Crippen LogP contribution in [0.2, 0.25) is 0 Å². The van der Waals surface area contributed by atoms with E-state index >= 15 is 0 Å². The van der Waals surface area contributed by atoms with Gasteiger partial charge in [-0.2, -0.15) is 5.10 Å². The molecule has 0 aromatic heterocycles. The molecule has 1 saturated carbocycles. The predicted octanol–water partition coefficient (Wildman–Crippen LogP) is 1.53. The molecule has 1 amide bonds. The van der Waals surface area contributed by atoms with E-state index in [9.17, 15) is 9.90 Å². The van der Waals surface area contributed by atoms with Crippen LogP contribution >= 0.6 is 11.6 Å². The van der Waals surface area contributed by atoms with Crippen molar-refractivity contribution in [1.29, 1.82) is 0 Å². The largest absolute Gasteiger partial charge is 0.369 e. The number of halogens is 1. The van der Waals surface area contributed by atoms with Crippen molar-refractivity contribution in [3.05, 3.63) is 10.6 Å². The van der Waals surface area contributed by atoms with Crippen molar-refractivity contribution in [3.63, 3.8) is 0 Å². The fourth-order valence-electron chi connectivity index (χ4n) is 3.20. The first kappa shape index (κ1) is 12.9. The molecule has 3 rings (SSSR count). The van der Waals surface area contributed by atoms with Crippen molar-refractivity contribution in [2.75, 3.05) is 6.54 Å². The molecule has 0 bridgehead atoms. The quantitative estimate of drug-likeness (QED) is 0.767. The van der Waals surface area contributed by atoms with E-state index in [1.165, 1.54) is 11.3 Å². The lowest BCUT2D eigenvalue weighted by atomic mass is 9.83. The van der Waals surface area contributed by atoms with Gasteiger partial charge in [-0.3, -0.25) is 9.69 Å². The fraction of sp³-hybridized carbons (Fsp3) is 0.692. The second-order valence-electron chi connectivity index (χ2n) is 5.34. The molecule has 0 radical (unpaired) electrons. The first-order chi connectivity index (χ1) is 9.20. The average Bonchev–Trinajstić information content (AvgIpc) is 3.00. The van der Waals surface area contributed by atoms with E-state index in [-0.39, 0.29) is 16.9 Å². The third-order valence-corrected chi connectivity index (χ3v) is 4.55. The lowest BCUT2D eigenvalue weighted by Gasteiger charge is -2.27. The molecule has 104 valence electrons. The molecular weight excluding hydrogens is 266 g/mol. The fourth-order valence-corrected chi connectivity index (χ4v) is 3.54. The molecule has 2 N–H and O–H groups in total. The van der Waals surface area contributed by atoms with E-state index < -0.39 is 6.23 Å². The zero-order valence-corrected chi connectivity index (χ0v) is 11.5. The summed E-state index contributed by atoms with van der Waals surface area (Å²) in [4.78, 5) is 13.6. The van der Waals surface area contributed by atoms with Gasteiger partial charge in [-0.1, -0.05) is 30.9 Å². The van der Waals surface area contributed by atoms with Crippen molar-refractivity contribution in [2.45, 2.75) is 44.8 Å². The number of carbonyl (C=O) groups is 1. The minimum absolute atomic E-state index is 0.203. The van der Waals surface area contributed by atoms with Crippen LogP contribution in [-0.4, -0.2) is 34.5 Å². The third-order valence-electron chi connectivity index (χ3n) is 4.17. The number of amides is 1. The second-order valence-corrected chi connectivity index (χ2v) is 5.72. The zero-order valence-electron chi connectivity index (χ0n) is 10.7. The minimum Gasteiger partial charge on any atom is -0.369 e. The second kappa shape index (κ2) is 5.13. The first-order valence-corrected chi connectivity index (χ1v) is 7.28. The average molecular weight is 284 g/mol. The molecule has 6 heteroatoms. The van der Waals surface area contributed by atoms with Gasteiger partial charge < -0.3 is 10.5 Å². The summed E-state index contributed by atoms with van der Waals surface area (Å²) in [5.41, 5.74) is 3.53. The van der Waals surface area contributed by atoms with Crippen LogP contribution in [0.25, 0.3) is 0 Å². The number of nitrogens with one attached hydrogen (secondary N) is 1. The standard InChI is InChI=1S/C13H18ClN3O2/c14-11-10(8-4-2-1-3-5-8)12(18)17(13(11)19)9-6-7-15-16-9/h8,12,15,18H,1-7H2. The third kappa shape index (κ3) is 2.15. The van der Waals surface area contributed by atoms with Crippen LogP contribution < -0.4 is 5.43 Å². The molecule has 1 fully saturated rings. The molecule has 1 unspecified atom stereocenters. The highest BCUT2D eigenvalue weighted by molar-refractivity contribution is 6.44. The van der Waals surface area contributed by atoms with Crippen molar-refractivity contribution in [3.8, 4) is 0 Å². The van der Waals surface area contributed by atoms with Crippen molar-refractivity contribution in [1.82, 2.24) is 10.3 Å². The van der Waals surface area contributed by atoms with E-state index in [1.54, 1.807) is 0 Å². The highest BCUT2D eigenvalue weighted by Crippen LogP contribution is 2.39. The van der Waals surface area contributed by atoms with Crippen LogP contribution in [0.5, 0.6) is 0 Å². The molecule has 3 aliphatic rings. The van der Waals surface area contributed by atoms with Crippen LogP contribution in [0.3, 0.4) is 0 Å². The van der Waals surface area contributed by atoms with Gasteiger partial charge in [0.25, 0.3) is 5.91 Å². The van der Waals surface area contributed by atoms with Crippen molar-refractivity contribution < 1.29 is 9.90 Å². The Hall–Kier alpha value is -1.07. The normalized spacial score (nSPS) is 28.9. The summed E-state index contributed by atoms with van der Waals surface area (Å²) in [7, 11) is 0. The zero-order chi connectivity index (χ0) is 13.4. The first-order valence-electron chi connectivity index (χ1n) is 6.90. The summed E-state index contributed by atoms with van der Waals surface area (Å²) in [6.07, 6.45) is 5.24. The van der Waals surface area contributed by atoms with Gasteiger partial charge in [-0.05, 0) is 18.8 Å². The van der Waals surface area contributed by atoms with Crippen LogP contribution in [0, 0.1) is 5.92 Å². The predicted molar refractivity (Wildman–Crippen MR) is 72.4 cm³/mol. The lowest BCUT2D eigenvalue weighted by Crippen LogP contribution is -2.40. The molecule has 2 aliphatic heterocycles. The van der Waals surface area contributed by atoms with Crippen molar-refractivity contribution >= 4 is 23.3 Å². The molecule has 0 saturated heterocycles. The molecule has 1 atom stereocenters. The SMILES string of the molecule is O=C1C(Cl)=C(C2CCCCC2)C(O)N1C1=NNCC1. The van der Waals surface area contributed by atoms with Gasteiger partial charge in [0.2, 0.25) is 0 Å². The Kier molecular flexibility index (Phi) is 3.50. The molecule has 1 aliphatic carbocycles. The number of nitrogens with zero attached hydrogens (tertiary/aromatic N) is 2. The smallest absolute Gasteiger partial charge is 0.273 e. The summed E-state index contributed by atoms with van der Waals surface area (Å²) in [5, 5.41) is 14.7.